The predicted molar refractivity (Wildman–Crippen MR) is 225 cm³/mol. The molecule has 0 saturated heterocycles. The normalized spacial score (nSPS) is 11.7. The average Bonchev–Trinajstić information content (AvgIpc) is 3.15. The molecular formula is C45H60O9Si2. The number of benzene rings is 4. The van der Waals surface area contributed by atoms with Crippen molar-refractivity contribution in [2.45, 2.75) is 116 Å². The molecule has 302 valence electrons. The van der Waals surface area contributed by atoms with Gasteiger partial charge >= 0.3 is 11.9 Å². The van der Waals surface area contributed by atoms with Crippen LogP contribution in [0.4, 0.5) is 0 Å². The van der Waals surface area contributed by atoms with Gasteiger partial charge in [0.2, 0.25) is 0 Å². The monoisotopic (exact) mass is 800 g/mol. The van der Waals surface area contributed by atoms with Crippen molar-refractivity contribution in [3.05, 3.63) is 118 Å². The Hall–Kier alpha value is -4.27. The molecule has 0 aliphatic carbocycles. The minimum atomic E-state index is -1.91. The lowest BCUT2D eigenvalue weighted by molar-refractivity contribution is -0.134. The van der Waals surface area contributed by atoms with Crippen LogP contribution in [0.1, 0.15) is 71.6 Å². The van der Waals surface area contributed by atoms with Gasteiger partial charge in [0.25, 0.3) is 0 Å². The summed E-state index contributed by atoms with van der Waals surface area (Å²) in [4.78, 5) is 25.6. The van der Waals surface area contributed by atoms with Crippen molar-refractivity contribution < 1.29 is 43.2 Å². The SMILES string of the molecule is CCCCc1ccc(OC(=O)Cc2ccc(CC(=O)Oc3ccc(CCC[Si](C)(C)O[Si](C)(C)CCCc4ccc(O)c(CO)c4)cc3OC)cc2)c(CO)c1. The Kier molecular flexibility index (Phi) is 16.9. The second-order valence-corrected chi connectivity index (χ2v) is 24.6. The van der Waals surface area contributed by atoms with E-state index in [0.29, 0.717) is 28.4 Å². The lowest BCUT2D eigenvalue weighted by atomic mass is 10.0. The van der Waals surface area contributed by atoms with E-state index < -0.39 is 28.6 Å². The highest BCUT2D eigenvalue weighted by Gasteiger charge is 2.32. The van der Waals surface area contributed by atoms with Crippen LogP contribution >= 0.6 is 0 Å². The standard InChI is InChI=1S/C45H60O9Si2/c1-7-8-11-33-19-22-41(39(27-33)32-47)52-44(49)29-36-14-16-37(17-15-36)30-45(50)53-42-23-20-35(28-43(42)51-2)13-10-25-56(5,6)54-55(3,4)24-9-12-34-18-21-40(48)38(26-34)31-46/h14-23,26-28,46-48H,7-13,24-25,29-32H2,1-6H3. The van der Waals surface area contributed by atoms with Crippen molar-refractivity contribution in [2.24, 2.45) is 0 Å². The fourth-order valence-electron chi connectivity index (χ4n) is 6.98. The number of carbonyl (C=O) groups excluding carboxylic acids is 2. The number of hydrogen-bond donors (Lipinski definition) is 3. The van der Waals surface area contributed by atoms with E-state index in [2.05, 4.69) is 33.1 Å². The van der Waals surface area contributed by atoms with Crippen LogP contribution in [0.2, 0.25) is 38.3 Å². The molecule has 3 N–H and O–H groups in total. The Balaban J connectivity index is 1.21. The number of unbranched alkanes of at least 4 members (excludes halogenated alkanes) is 1. The topological polar surface area (TPSA) is 132 Å². The van der Waals surface area contributed by atoms with Gasteiger partial charge in [-0.25, -0.2) is 0 Å². The maximum Gasteiger partial charge on any atom is 0.315 e. The van der Waals surface area contributed by atoms with Crippen molar-refractivity contribution >= 4 is 28.6 Å². The minimum Gasteiger partial charge on any atom is -0.508 e. The summed E-state index contributed by atoms with van der Waals surface area (Å²) in [7, 11) is -2.23. The molecule has 4 rings (SSSR count). The molecule has 9 nitrogen and oxygen atoms in total. The van der Waals surface area contributed by atoms with E-state index in [1.165, 1.54) is 0 Å². The Morgan fingerprint density at radius 3 is 1.54 bits per heavy atom. The molecule has 0 aliphatic rings. The molecule has 56 heavy (non-hydrogen) atoms. The molecule has 0 bridgehead atoms. The molecule has 0 spiro atoms. The molecule has 0 unspecified atom stereocenters. The maximum atomic E-state index is 12.9. The Labute approximate surface area is 334 Å². The number of aryl methyl sites for hydroxylation is 3. The molecule has 0 radical (unpaired) electrons. The molecule has 0 fully saturated rings. The summed E-state index contributed by atoms with van der Waals surface area (Å²) >= 11 is 0. The molecule has 4 aromatic carbocycles. The average molecular weight is 801 g/mol. The molecule has 0 amide bonds. The number of hydrogen-bond acceptors (Lipinski definition) is 9. The third kappa shape index (κ3) is 14.3. The first-order chi connectivity index (χ1) is 26.7. The first-order valence-corrected chi connectivity index (χ1v) is 26.0. The number of phenols is 1. The summed E-state index contributed by atoms with van der Waals surface area (Å²) < 4.78 is 23.8. The molecule has 0 saturated carbocycles. The fourth-order valence-corrected chi connectivity index (χ4v) is 15.8. The summed E-state index contributed by atoms with van der Waals surface area (Å²) in [5, 5.41) is 29.1. The van der Waals surface area contributed by atoms with Crippen LogP contribution in [-0.4, -0.2) is 51.0 Å². The molecule has 0 aliphatic heterocycles. The van der Waals surface area contributed by atoms with Gasteiger partial charge in [-0.3, -0.25) is 9.59 Å². The van der Waals surface area contributed by atoms with E-state index in [4.69, 9.17) is 18.3 Å². The largest absolute Gasteiger partial charge is 0.508 e. The molecule has 0 aromatic heterocycles. The predicted octanol–water partition coefficient (Wildman–Crippen LogP) is 9.02. The van der Waals surface area contributed by atoms with Crippen molar-refractivity contribution in [3.63, 3.8) is 0 Å². The van der Waals surface area contributed by atoms with Crippen molar-refractivity contribution in [2.75, 3.05) is 7.11 Å². The summed E-state index contributed by atoms with van der Waals surface area (Å²) in [6, 6.07) is 26.0. The second kappa shape index (κ2) is 21.3. The maximum absolute atomic E-state index is 12.9. The van der Waals surface area contributed by atoms with Crippen LogP contribution < -0.4 is 14.2 Å². The van der Waals surface area contributed by atoms with Gasteiger partial charge in [0.05, 0.1) is 33.2 Å². The number of carbonyl (C=O) groups is 2. The van der Waals surface area contributed by atoms with Gasteiger partial charge < -0.3 is 33.6 Å². The number of aromatic hydroxyl groups is 1. The van der Waals surface area contributed by atoms with Gasteiger partial charge in [-0.05, 0) is 141 Å². The number of methoxy groups -OCH3 is 1. The molecule has 11 heteroatoms. The van der Waals surface area contributed by atoms with Crippen LogP contribution in [0.5, 0.6) is 23.0 Å². The smallest absolute Gasteiger partial charge is 0.315 e. The zero-order valence-corrected chi connectivity index (χ0v) is 36.0. The second-order valence-electron chi connectivity index (χ2n) is 15.8. The highest BCUT2D eigenvalue weighted by atomic mass is 28.4. The van der Waals surface area contributed by atoms with E-state index in [9.17, 15) is 24.9 Å². The van der Waals surface area contributed by atoms with E-state index in [0.717, 1.165) is 84.9 Å². The number of aliphatic hydroxyl groups is 2. The Morgan fingerprint density at radius 1 is 0.571 bits per heavy atom. The van der Waals surface area contributed by atoms with E-state index >= 15 is 0 Å². The number of esters is 2. The lowest BCUT2D eigenvalue weighted by Gasteiger charge is -2.34. The van der Waals surface area contributed by atoms with Gasteiger partial charge in [-0.1, -0.05) is 55.8 Å². The first-order valence-electron chi connectivity index (χ1n) is 19.7. The zero-order valence-electron chi connectivity index (χ0n) is 34.0. The third-order valence-electron chi connectivity index (χ3n) is 9.87. The number of aliphatic hydroxyl groups excluding tert-OH is 2. The van der Waals surface area contributed by atoms with Gasteiger partial charge in [-0.15, -0.1) is 0 Å². The van der Waals surface area contributed by atoms with Crippen molar-refractivity contribution in [1.29, 1.82) is 0 Å². The summed E-state index contributed by atoms with van der Waals surface area (Å²) in [5.41, 5.74) is 5.98. The number of rotatable bonds is 22. The minimum absolute atomic E-state index is 0.0556. The molecule has 0 atom stereocenters. The highest BCUT2D eigenvalue weighted by Crippen LogP contribution is 2.31. The highest BCUT2D eigenvalue weighted by molar-refractivity contribution is 6.84. The molecule has 4 aromatic rings. The first kappa shape index (κ1) is 44.4. The van der Waals surface area contributed by atoms with Crippen molar-refractivity contribution in [1.82, 2.24) is 0 Å². The molecular weight excluding hydrogens is 741 g/mol. The quantitative estimate of drug-likeness (QED) is 0.0405. The summed E-state index contributed by atoms with van der Waals surface area (Å²) in [5.74, 6) is 0.525. The van der Waals surface area contributed by atoms with Crippen LogP contribution in [0.15, 0.2) is 78.9 Å². The van der Waals surface area contributed by atoms with Crippen molar-refractivity contribution in [3.8, 4) is 23.0 Å². The van der Waals surface area contributed by atoms with E-state index in [-0.39, 0.29) is 31.8 Å². The van der Waals surface area contributed by atoms with Gasteiger partial charge in [0.15, 0.2) is 28.1 Å². The van der Waals surface area contributed by atoms with Crippen LogP contribution in [0, 0.1) is 0 Å². The number of ether oxygens (including phenoxy) is 3. The van der Waals surface area contributed by atoms with E-state index in [1.54, 1.807) is 49.6 Å². The summed E-state index contributed by atoms with van der Waals surface area (Å²) in [6.45, 7) is 10.9. The van der Waals surface area contributed by atoms with Gasteiger partial charge in [0, 0.05) is 11.1 Å². The van der Waals surface area contributed by atoms with Crippen LogP contribution in [0.3, 0.4) is 0 Å². The van der Waals surface area contributed by atoms with E-state index in [1.807, 2.05) is 36.4 Å². The molecule has 0 heterocycles. The zero-order chi connectivity index (χ0) is 40.7. The van der Waals surface area contributed by atoms with Gasteiger partial charge in [0.1, 0.15) is 11.5 Å². The van der Waals surface area contributed by atoms with Gasteiger partial charge in [-0.2, -0.15) is 0 Å². The summed E-state index contributed by atoms with van der Waals surface area (Å²) in [6.07, 6.45) is 6.89. The van der Waals surface area contributed by atoms with Crippen LogP contribution in [0.25, 0.3) is 0 Å². The lowest BCUT2D eigenvalue weighted by Crippen LogP contribution is -2.44. The van der Waals surface area contributed by atoms with Crippen LogP contribution in [-0.2, 0) is 59.0 Å². The Bertz CT molecular complexity index is 1890. The Morgan fingerprint density at radius 2 is 1.02 bits per heavy atom. The third-order valence-corrected chi connectivity index (χ3v) is 17.4. The fraction of sp³-hybridized carbons (Fsp3) is 0.422.